The fourth-order valence-corrected chi connectivity index (χ4v) is 2.15. The largest absolute Gasteiger partial charge is 0.494 e. The van der Waals surface area contributed by atoms with E-state index in [4.69, 9.17) is 4.74 Å². The number of non-ortho nitro benzene ring substituents is 1. The van der Waals surface area contributed by atoms with Crippen molar-refractivity contribution in [3.05, 3.63) is 69.8 Å². The molecule has 2 rings (SSSR count). The minimum atomic E-state index is -0.947. The third-order valence-electron chi connectivity index (χ3n) is 3.53. The molecule has 25 heavy (non-hydrogen) atoms. The molecule has 0 radical (unpaired) electrons. The van der Waals surface area contributed by atoms with Gasteiger partial charge >= 0.3 is 0 Å². The number of rotatable bonds is 8. The number of nitrogens with one attached hydrogen (secondary N) is 1. The molecule has 2 aromatic carbocycles. The maximum Gasteiger partial charge on any atom is 0.269 e. The van der Waals surface area contributed by atoms with Crippen LogP contribution in [0.4, 0.5) is 5.69 Å². The van der Waals surface area contributed by atoms with Crippen LogP contribution in [0.1, 0.15) is 35.4 Å². The Morgan fingerprint density at radius 3 is 2.40 bits per heavy atom. The fraction of sp³-hybridized carbons (Fsp3) is 0.278. The molecule has 0 aromatic heterocycles. The molecule has 0 saturated heterocycles. The summed E-state index contributed by atoms with van der Waals surface area (Å²) < 4.78 is 5.45. The number of aliphatic hydroxyl groups excluding tert-OH is 1. The van der Waals surface area contributed by atoms with Crippen LogP contribution in [-0.4, -0.2) is 29.1 Å². The van der Waals surface area contributed by atoms with E-state index >= 15 is 0 Å². The molecule has 0 spiro atoms. The van der Waals surface area contributed by atoms with Gasteiger partial charge in [0, 0.05) is 24.2 Å². The van der Waals surface area contributed by atoms with Gasteiger partial charge in [-0.05, 0) is 48.4 Å². The first-order valence-electron chi connectivity index (χ1n) is 7.94. The van der Waals surface area contributed by atoms with Crippen LogP contribution < -0.4 is 10.1 Å². The second kappa shape index (κ2) is 8.79. The topological polar surface area (TPSA) is 102 Å². The summed E-state index contributed by atoms with van der Waals surface area (Å²) in [4.78, 5) is 22.2. The van der Waals surface area contributed by atoms with E-state index in [0.29, 0.717) is 23.5 Å². The number of benzene rings is 2. The van der Waals surface area contributed by atoms with Gasteiger partial charge in [0.05, 0.1) is 17.6 Å². The lowest BCUT2D eigenvalue weighted by atomic mass is 10.1. The molecule has 0 fully saturated rings. The van der Waals surface area contributed by atoms with E-state index in [1.165, 1.54) is 24.3 Å². The van der Waals surface area contributed by atoms with Gasteiger partial charge in [0.2, 0.25) is 0 Å². The summed E-state index contributed by atoms with van der Waals surface area (Å²) in [6.45, 7) is 2.63. The Hall–Kier alpha value is -2.93. The number of nitro groups is 1. The first kappa shape index (κ1) is 18.4. The van der Waals surface area contributed by atoms with Crippen molar-refractivity contribution in [1.29, 1.82) is 0 Å². The fourth-order valence-electron chi connectivity index (χ4n) is 2.15. The van der Waals surface area contributed by atoms with Crippen LogP contribution in [0.15, 0.2) is 48.5 Å². The summed E-state index contributed by atoms with van der Waals surface area (Å²) in [6, 6.07) is 12.3. The van der Waals surface area contributed by atoms with Gasteiger partial charge in [-0.2, -0.15) is 0 Å². The van der Waals surface area contributed by atoms with Crippen molar-refractivity contribution < 1.29 is 19.6 Å². The van der Waals surface area contributed by atoms with E-state index in [2.05, 4.69) is 5.32 Å². The number of nitrogens with zero attached hydrogens (tertiary/aromatic N) is 1. The molecule has 0 aliphatic rings. The van der Waals surface area contributed by atoms with Crippen molar-refractivity contribution in [2.75, 3.05) is 13.2 Å². The van der Waals surface area contributed by atoms with Gasteiger partial charge < -0.3 is 15.2 Å². The lowest BCUT2D eigenvalue weighted by Crippen LogP contribution is -2.28. The average Bonchev–Trinajstić information content (AvgIpc) is 2.64. The second-order valence-electron chi connectivity index (χ2n) is 5.45. The smallest absolute Gasteiger partial charge is 0.269 e. The maximum atomic E-state index is 12.1. The lowest BCUT2D eigenvalue weighted by Gasteiger charge is -2.12. The minimum Gasteiger partial charge on any atom is -0.494 e. The number of carbonyl (C=O) groups excluding carboxylic acids is 1. The van der Waals surface area contributed by atoms with Crippen molar-refractivity contribution in [3.8, 4) is 5.75 Å². The first-order chi connectivity index (χ1) is 12.0. The molecule has 2 aromatic rings. The van der Waals surface area contributed by atoms with Crippen molar-refractivity contribution in [2.45, 2.75) is 19.4 Å². The summed E-state index contributed by atoms with van der Waals surface area (Å²) in [5, 5.41) is 23.3. The van der Waals surface area contributed by atoms with Gasteiger partial charge in [-0.3, -0.25) is 14.9 Å². The van der Waals surface area contributed by atoms with Gasteiger partial charge in [-0.15, -0.1) is 0 Å². The van der Waals surface area contributed by atoms with Gasteiger partial charge in [0.25, 0.3) is 11.6 Å². The third kappa shape index (κ3) is 5.29. The van der Waals surface area contributed by atoms with E-state index in [0.717, 1.165) is 6.42 Å². The second-order valence-corrected chi connectivity index (χ2v) is 5.45. The molecule has 0 aliphatic carbocycles. The van der Waals surface area contributed by atoms with Gasteiger partial charge in [0.1, 0.15) is 5.75 Å². The normalized spacial score (nSPS) is 11.6. The Kier molecular flexibility index (Phi) is 6.47. The molecule has 1 atom stereocenters. The van der Waals surface area contributed by atoms with Gasteiger partial charge in [-0.25, -0.2) is 0 Å². The van der Waals surface area contributed by atoms with Crippen molar-refractivity contribution >= 4 is 11.6 Å². The SMILES string of the molecule is CCCOc1ccc(C(=O)NCC(O)c2ccc([N+](=O)[O-])cc2)cc1. The quantitative estimate of drug-likeness (QED) is 0.566. The van der Waals surface area contributed by atoms with Crippen LogP contribution in [0.5, 0.6) is 5.75 Å². The van der Waals surface area contributed by atoms with Gasteiger partial charge in [-0.1, -0.05) is 6.92 Å². The Labute approximate surface area is 145 Å². The number of aliphatic hydroxyl groups is 1. The van der Waals surface area contributed by atoms with Gasteiger partial charge in [0.15, 0.2) is 0 Å². The molecular weight excluding hydrogens is 324 g/mol. The molecule has 7 nitrogen and oxygen atoms in total. The third-order valence-corrected chi connectivity index (χ3v) is 3.53. The van der Waals surface area contributed by atoms with Crippen LogP contribution in [0.2, 0.25) is 0 Å². The molecule has 1 unspecified atom stereocenters. The highest BCUT2D eigenvalue weighted by molar-refractivity contribution is 5.94. The van der Waals surface area contributed by atoms with E-state index in [1.807, 2.05) is 6.92 Å². The van der Waals surface area contributed by atoms with E-state index in [-0.39, 0.29) is 18.1 Å². The Bertz CT molecular complexity index is 713. The maximum absolute atomic E-state index is 12.1. The molecule has 2 N–H and O–H groups in total. The number of hydrogen-bond acceptors (Lipinski definition) is 5. The van der Waals surface area contributed by atoms with Crippen LogP contribution in [0, 0.1) is 10.1 Å². The molecule has 7 heteroatoms. The Morgan fingerprint density at radius 1 is 1.20 bits per heavy atom. The van der Waals surface area contributed by atoms with Crippen molar-refractivity contribution in [2.24, 2.45) is 0 Å². The van der Waals surface area contributed by atoms with Crippen LogP contribution >= 0.6 is 0 Å². The average molecular weight is 344 g/mol. The lowest BCUT2D eigenvalue weighted by molar-refractivity contribution is -0.384. The van der Waals surface area contributed by atoms with Crippen LogP contribution in [-0.2, 0) is 0 Å². The predicted octanol–water partition coefficient (Wildman–Crippen LogP) is 2.85. The zero-order valence-electron chi connectivity index (χ0n) is 13.8. The standard InChI is InChI=1S/C18H20N2O5/c1-2-11-25-16-9-5-14(6-10-16)18(22)19-12-17(21)13-3-7-15(8-4-13)20(23)24/h3-10,17,21H,2,11-12H2,1H3,(H,19,22). The molecule has 1 amide bonds. The van der Waals surface area contributed by atoms with Crippen molar-refractivity contribution in [1.82, 2.24) is 5.32 Å². The Morgan fingerprint density at radius 2 is 1.84 bits per heavy atom. The monoisotopic (exact) mass is 344 g/mol. The van der Waals surface area contributed by atoms with Crippen LogP contribution in [0.3, 0.4) is 0 Å². The van der Waals surface area contributed by atoms with E-state index in [1.54, 1.807) is 24.3 Å². The predicted molar refractivity (Wildman–Crippen MR) is 92.6 cm³/mol. The number of ether oxygens (including phenoxy) is 1. The van der Waals surface area contributed by atoms with Crippen LogP contribution in [0.25, 0.3) is 0 Å². The molecular formula is C18H20N2O5. The highest BCUT2D eigenvalue weighted by atomic mass is 16.6. The summed E-state index contributed by atoms with van der Waals surface area (Å²) in [7, 11) is 0. The van der Waals surface area contributed by atoms with Crippen molar-refractivity contribution in [3.63, 3.8) is 0 Å². The highest BCUT2D eigenvalue weighted by Gasteiger charge is 2.13. The summed E-state index contributed by atoms with van der Waals surface area (Å²) >= 11 is 0. The van der Waals surface area contributed by atoms with E-state index in [9.17, 15) is 20.0 Å². The number of carbonyl (C=O) groups is 1. The molecule has 0 heterocycles. The highest BCUT2D eigenvalue weighted by Crippen LogP contribution is 2.17. The summed E-state index contributed by atoms with van der Waals surface area (Å²) in [5.74, 6) is 0.382. The molecule has 0 aliphatic heterocycles. The minimum absolute atomic E-state index is 0.00469. The molecule has 0 saturated carbocycles. The zero-order chi connectivity index (χ0) is 18.2. The Balaban J connectivity index is 1.89. The van der Waals surface area contributed by atoms with E-state index < -0.39 is 11.0 Å². The zero-order valence-corrected chi connectivity index (χ0v) is 13.8. The number of amides is 1. The molecule has 132 valence electrons. The number of nitro benzene ring substituents is 1. The summed E-state index contributed by atoms with van der Waals surface area (Å²) in [5.41, 5.74) is 0.902. The summed E-state index contributed by atoms with van der Waals surface area (Å²) in [6.07, 6.45) is -0.0418. The first-order valence-corrected chi connectivity index (χ1v) is 7.94. The molecule has 0 bridgehead atoms. The number of hydrogen-bond donors (Lipinski definition) is 2.